The van der Waals surface area contributed by atoms with E-state index in [1.807, 2.05) is 42.6 Å². The van der Waals surface area contributed by atoms with Gasteiger partial charge in [-0.2, -0.15) is 0 Å². The number of rotatable bonds is 7. The summed E-state index contributed by atoms with van der Waals surface area (Å²) in [5, 5.41) is 0. The highest BCUT2D eigenvalue weighted by Crippen LogP contribution is 2.07. The Morgan fingerprint density at radius 2 is 1.95 bits per heavy atom. The van der Waals surface area contributed by atoms with Crippen molar-refractivity contribution in [2.45, 2.75) is 19.4 Å². The molecule has 0 unspecified atom stereocenters. The Kier molecular flexibility index (Phi) is 5.44. The Morgan fingerprint density at radius 3 is 2.65 bits per heavy atom. The number of carbonyl (C=O) groups is 1. The summed E-state index contributed by atoms with van der Waals surface area (Å²) in [5.74, 6) is 0.223. The van der Waals surface area contributed by atoms with Crippen LogP contribution in [0.4, 0.5) is 0 Å². The lowest BCUT2D eigenvalue weighted by Crippen LogP contribution is -2.19. The van der Waals surface area contributed by atoms with E-state index in [1.165, 1.54) is 5.56 Å². The molecule has 0 saturated heterocycles. The maximum atomic E-state index is 12.0. The second-order valence-corrected chi connectivity index (χ2v) is 4.99. The minimum Gasteiger partial charge on any atom is -0.302 e. The van der Waals surface area contributed by atoms with Crippen molar-refractivity contribution in [3.8, 4) is 0 Å². The summed E-state index contributed by atoms with van der Waals surface area (Å²) in [7, 11) is 2.07. The first-order valence-electron chi connectivity index (χ1n) is 6.91. The van der Waals surface area contributed by atoms with Crippen LogP contribution >= 0.6 is 0 Å². The topological polar surface area (TPSA) is 33.2 Å². The molecule has 1 aromatic heterocycles. The lowest BCUT2D eigenvalue weighted by atomic mass is 10.1. The molecule has 2 aromatic rings. The summed E-state index contributed by atoms with van der Waals surface area (Å²) in [6, 6.07) is 13.5. The molecule has 0 saturated carbocycles. The summed E-state index contributed by atoms with van der Waals surface area (Å²) < 4.78 is 0. The molecule has 0 radical (unpaired) electrons. The van der Waals surface area contributed by atoms with E-state index in [2.05, 4.69) is 23.0 Å². The molecule has 1 heterocycles. The van der Waals surface area contributed by atoms with Gasteiger partial charge < -0.3 is 4.90 Å². The van der Waals surface area contributed by atoms with Gasteiger partial charge in [-0.15, -0.1) is 0 Å². The van der Waals surface area contributed by atoms with Crippen LogP contribution in [0.2, 0.25) is 0 Å². The molecule has 20 heavy (non-hydrogen) atoms. The lowest BCUT2D eigenvalue weighted by molar-refractivity contribution is 0.0976. The van der Waals surface area contributed by atoms with E-state index in [4.69, 9.17) is 0 Å². The van der Waals surface area contributed by atoms with Crippen LogP contribution in [-0.2, 0) is 6.54 Å². The molecule has 0 aliphatic rings. The molecule has 0 spiro atoms. The minimum atomic E-state index is 0.223. The van der Waals surface area contributed by atoms with Crippen molar-refractivity contribution in [1.82, 2.24) is 9.88 Å². The Labute approximate surface area is 120 Å². The van der Waals surface area contributed by atoms with Crippen LogP contribution in [0.1, 0.15) is 28.8 Å². The van der Waals surface area contributed by atoms with Crippen molar-refractivity contribution in [3.05, 3.63) is 66.0 Å². The molecular weight excluding hydrogens is 248 g/mol. The van der Waals surface area contributed by atoms with Crippen molar-refractivity contribution in [2.75, 3.05) is 13.6 Å². The van der Waals surface area contributed by atoms with Crippen LogP contribution in [0.25, 0.3) is 0 Å². The number of nitrogens with zero attached hydrogens (tertiary/aromatic N) is 2. The zero-order chi connectivity index (χ0) is 14.2. The standard InChI is InChI=1S/C17H20N2O/c1-19(14-15-7-5-11-18-13-15)12-6-10-17(20)16-8-3-2-4-9-16/h2-5,7-9,11,13H,6,10,12,14H2,1H3. The maximum absolute atomic E-state index is 12.0. The van der Waals surface area contributed by atoms with Crippen LogP contribution in [0, 0.1) is 0 Å². The van der Waals surface area contributed by atoms with Gasteiger partial charge in [-0.25, -0.2) is 0 Å². The van der Waals surface area contributed by atoms with E-state index in [-0.39, 0.29) is 5.78 Å². The Morgan fingerprint density at radius 1 is 1.15 bits per heavy atom. The Hall–Kier alpha value is -2.00. The van der Waals surface area contributed by atoms with Crippen molar-refractivity contribution in [1.29, 1.82) is 0 Å². The fourth-order valence-corrected chi connectivity index (χ4v) is 2.16. The monoisotopic (exact) mass is 268 g/mol. The van der Waals surface area contributed by atoms with E-state index in [0.29, 0.717) is 6.42 Å². The normalized spacial score (nSPS) is 10.7. The molecule has 1 aromatic carbocycles. The molecule has 2 rings (SSSR count). The largest absolute Gasteiger partial charge is 0.302 e. The Balaban J connectivity index is 1.72. The van der Waals surface area contributed by atoms with Crippen LogP contribution in [-0.4, -0.2) is 29.3 Å². The van der Waals surface area contributed by atoms with Gasteiger partial charge in [0.15, 0.2) is 5.78 Å². The van der Waals surface area contributed by atoms with E-state index in [0.717, 1.165) is 25.1 Å². The fourth-order valence-electron chi connectivity index (χ4n) is 2.16. The predicted molar refractivity (Wildman–Crippen MR) is 80.6 cm³/mol. The van der Waals surface area contributed by atoms with Gasteiger partial charge in [-0.05, 0) is 31.6 Å². The second kappa shape index (κ2) is 7.56. The maximum Gasteiger partial charge on any atom is 0.162 e. The number of hydrogen-bond donors (Lipinski definition) is 0. The number of Topliss-reactive ketones (excluding diaryl/α,β-unsaturated/α-hetero) is 1. The first-order chi connectivity index (χ1) is 9.75. The SMILES string of the molecule is CN(CCCC(=O)c1ccccc1)Cc1cccnc1. The van der Waals surface area contributed by atoms with Crippen LogP contribution in [0.5, 0.6) is 0 Å². The molecule has 0 atom stereocenters. The lowest BCUT2D eigenvalue weighted by Gasteiger charge is -2.16. The van der Waals surface area contributed by atoms with Gasteiger partial charge in [0.1, 0.15) is 0 Å². The van der Waals surface area contributed by atoms with Crippen LogP contribution < -0.4 is 0 Å². The van der Waals surface area contributed by atoms with Crippen molar-refractivity contribution in [2.24, 2.45) is 0 Å². The van der Waals surface area contributed by atoms with Crippen LogP contribution in [0.15, 0.2) is 54.9 Å². The molecule has 0 amide bonds. The minimum absolute atomic E-state index is 0.223. The fraction of sp³-hybridized carbons (Fsp3) is 0.294. The first-order valence-corrected chi connectivity index (χ1v) is 6.91. The summed E-state index contributed by atoms with van der Waals surface area (Å²) >= 11 is 0. The highest BCUT2D eigenvalue weighted by molar-refractivity contribution is 5.95. The van der Waals surface area contributed by atoms with E-state index in [1.54, 1.807) is 6.20 Å². The quantitative estimate of drug-likeness (QED) is 0.723. The highest BCUT2D eigenvalue weighted by Gasteiger charge is 2.06. The molecule has 0 aliphatic carbocycles. The number of aromatic nitrogens is 1. The van der Waals surface area contributed by atoms with Crippen molar-refractivity contribution in [3.63, 3.8) is 0 Å². The van der Waals surface area contributed by atoms with Gasteiger partial charge in [0.2, 0.25) is 0 Å². The molecule has 0 N–H and O–H groups in total. The number of ketones is 1. The third-order valence-electron chi connectivity index (χ3n) is 3.21. The van der Waals surface area contributed by atoms with Gasteiger partial charge >= 0.3 is 0 Å². The Bertz CT molecular complexity index is 525. The highest BCUT2D eigenvalue weighted by atomic mass is 16.1. The third-order valence-corrected chi connectivity index (χ3v) is 3.21. The average Bonchev–Trinajstić information content (AvgIpc) is 2.49. The number of carbonyl (C=O) groups excluding carboxylic acids is 1. The first kappa shape index (κ1) is 14.4. The smallest absolute Gasteiger partial charge is 0.162 e. The number of hydrogen-bond acceptors (Lipinski definition) is 3. The zero-order valence-corrected chi connectivity index (χ0v) is 11.8. The average molecular weight is 268 g/mol. The van der Waals surface area contributed by atoms with Crippen molar-refractivity contribution < 1.29 is 4.79 Å². The summed E-state index contributed by atoms with van der Waals surface area (Å²) in [6.07, 6.45) is 5.14. The summed E-state index contributed by atoms with van der Waals surface area (Å²) in [5.41, 5.74) is 2.01. The molecular formula is C17H20N2O. The van der Waals surface area contributed by atoms with E-state index < -0.39 is 0 Å². The number of benzene rings is 1. The molecule has 0 fully saturated rings. The number of pyridine rings is 1. The zero-order valence-electron chi connectivity index (χ0n) is 11.8. The molecule has 0 bridgehead atoms. The van der Waals surface area contributed by atoms with E-state index in [9.17, 15) is 4.79 Å². The molecule has 104 valence electrons. The third kappa shape index (κ3) is 4.59. The van der Waals surface area contributed by atoms with E-state index >= 15 is 0 Å². The van der Waals surface area contributed by atoms with Gasteiger partial charge in [-0.3, -0.25) is 9.78 Å². The predicted octanol–water partition coefficient (Wildman–Crippen LogP) is 3.18. The van der Waals surface area contributed by atoms with Gasteiger partial charge in [0.25, 0.3) is 0 Å². The summed E-state index contributed by atoms with van der Waals surface area (Å²) in [4.78, 5) is 18.3. The van der Waals surface area contributed by atoms with Crippen molar-refractivity contribution >= 4 is 5.78 Å². The molecule has 3 heteroatoms. The summed E-state index contributed by atoms with van der Waals surface area (Å²) in [6.45, 7) is 1.78. The molecule has 0 aliphatic heterocycles. The second-order valence-electron chi connectivity index (χ2n) is 4.99. The van der Waals surface area contributed by atoms with Gasteiger partial charge in [0.05, 0.1) is 0 Å². The van der Waals surface area contributed by atoms with Gasteiger partial charge in [-0.1, -0.05) is 36.4 Å². The molecule has 3 nitrogen and oxygen atoms in total. The van der Waals surface area contributed by atoms with Crippen LogP contribution in [0.3, 0.4) is 0 Å². The van der Waals surface area contributed by atoms with Gasteiger partial charge in [0, 0.05) is 30.9 Å².